The van der Waals surface area contributed by atoms with Gasteiger partial charge in [0.1, 0.15) is 6.10 Å². The Labute approximate surface area is 215 Å². The first-order chi connectivity index (χ1) is 16.9. The van der Waals surface area contributed by atoms with Crippen LogP contribution < -0.4 is 0 Å². The molecule has 2 atom stereocenters. The van der Waals surface area contributed by atoms with E-state index in [1.54, 1.807) is 0 Å². The second-order valence-electron chi connectivity index (χ2n) is 10.1. The normalized spacial score (nSPS) is 16.9. The third-order valence-electron chi connectivity index (χ3n) is 6.64. The fraction of sp³-hybridized carbons (Fsp3) is 0.963. The molecule has 0 spiro atoms. The van der Waals surface area contributed by atoms with E-state index in [0.717, 1.165) is 38.8 Å². The average Bonchev–Trinajstić information content (AvgIpc) is 3.34. The fourth-order valence-electron chi connectivity index (χ4n) is 4.50. The minimum atomic E-state index is -3.71. The first-order valence-corrected chi connectivity index (χ1v) is 16.1. The molecule has 0 aromatic rings. The summed E-state index contributed by atoms with van der Waals surface area (Å²) >= 11 is 0. The third-order valence-corrected chi connectivity index (χ3v) is 7.96. The molecule has 8 heteroatoms. The molecule has 0 aromatic carbocycles. The van der Waals surface area contributed by atoms with Gasteiger partial charge in [0, 0.05) is 20.1 Å². The van der Waals surface area contributed by atoms with Gasteiger partial charge in [0.2, 0.25) is 0 Å². The van der Waals surface area contributed by atoms with Crippen molar-refractivity contribution >= 4 is 13.6 Å². The Kier molecular flexibility index (Phi) is 20.1. The lowest BCUT2D eigenvalue weighted by Gasteiger charge is -2.21. The number of ether oxygens (including phenoxy) is 2. The van der Waals surface area contributed by atoms with Gasteiger partial charge in [0.05, 0.1) is 19.4 Å². The van der Waals surface area contributed by atoms with Gasteiger partial charge in [0.25, 0.3) is 0 Å². The van der Waals surface area contributed by atoms with Crippen molar-refractivity contribution in [3.63, 3.8) is 0 Å². The molecule has 0 aliphatic carbocycles. The molecule has 1 aliphatic heterocycles. The predicted octanol–water partition coefficient (Wildman–Crippen LogP) is 6.71. The maximum Gasteiger partial charge on any atom is 0.329 e. The Balaban J connectivity index is 2.00. The Hall–Kier alpha value is -0.460. The summed E-state index contributed by atoms with van der Waals surface area (Å²) in [4.78, 5) is 23.7. The summed E-state index contributed by atoms with van der Waals surface area (Å²) in [5.74, 6) is -0.441. The van der Waals surface area contributed by atoms with Gasteiger partial charge in [-0.2, -0.15) is 0 Å². The van der Waals surface area contributed by atoms with Crippen molar-refractivity contribution in [3.8, 4) is 0 Å². The molecule has 0 radical (unpaired) electrons. The van der Waals surface area contributed by atoms with Crippen LogP contribution in [-0.2, 0) is 23.4 Å². The van der Waals surface area contributed by atoms with Crippen molar-refractivity contribution in [3.05, 3.63) is 0 Å². The lowest BCUT2D eigenvalue weighted by Crippen LogP contribution is -2.28. The van der Waals surface area contributed by atoms with E-state index in [1.165, 1.54) is 84.0 Å². The van der Waals surface area contributed by atoms with Crippen LogP contribution in [0.25, 0.3) is 0 Å². The molecule has 1 rings (SSSR count). The largest absolute Gasteiger partial charge is 0.458 e. The summed E-state index contributed by atoms with van der Waals surface area (Å²) in [5, 5.41) is 0. The number of nitrogens with zero attached hydrogens (tertiary/aromatic N) is 1. The number of hydrogen-bond acceptors (Lipinski definition) is 6. The van der Waals surface area contributed by atoms with Crippen molar-refractivity contribution < 1.29 is 28.3 Å². The Bertz CT molecular complexity index is 556. The van der Waals surface area contributed by atoms with Crippen LogP contribution in [-0.4, -0.2) is 67.5 Å². The summed E-state index contributed by atoms with van der Waals surface area (Å²) in [6.45, 7) is 6.76. The Morgan fingerprint density at radius 1 is 0.857 bits per heavy atom. The molecule has 7 nitrogen and oxygen atoms in total. The topological polar surface area (TPSA) is 85.3 Å². The molecule has 0 aromatic heterocycles. The lowest BCUT2D eigenvalue weighted by atomic mass is 10.0. The lowest BCUT2D eigenvalue weighted by molar-refractivity contribution is -0.151. The van der Waals surface area contributed by atoms with Crippen LogP contribution in [0.15, 0.2) is 0 Å². The zero-order chi connectivity index (χ0) is 25.6. The fourth-order valence-corrected chi connectivity index (χ4v) is 5.57. The summed E-state index contributed by atoms with van der Waals surface area (Å²) in [6, 6.07) is 0. The minimum absolute atomic E-state index is 0.0969. The number of carbonyl (C=O) groups excluding carboxylic acids is 1. The summed E-state index contributed by atoms with van der Waals surface area (Å²) in [7, 11) is -3.71. The molecule has 35 heavy (non-hydrogen) atoms. The molecule has 1 fully saturated rings. The summed E-state index contributed by atoms with van der Waals surface area (Å²) in [5.41, 5.74) is 0. The molecule has 1 saturated heterocycles. The highest BCUT2D eigenvalue weighted by Crippen LogP contribution is 2.41. The monoisotopic (exact) mass is 519 g/mol. The highest BCUT2D eigenvalue weighted by atomic mass is 31.2. The molecule has 0 amide bonds. The van der Waals surface area contributed by atoms with Crippen molar-refractivity contribution in [1.29, 1.82) is 0 Å². The standard InChI is InChI=1S/C27H54NO6P/c1-3-4-5-6-7-8-9-10-11-12-13-14-15-18-22-32-24-27(34-26(2)29)25-33-35(30,31)23-21-28-19-16-17-20-28/h27H,3-25H2,1-2H3,(H,30,31). The quantitative estimate of drug-likeness (QED) is 0.0861. The van der Waals surface area contributed by atoms with Gasteiger partial charge in [-0.05, 0) is 32.4 Å². The molecular weight excluding hydrogens is 465 g/mol. The predicted molar refractivity (Wildman–Crippen MR) is 143 cm³/mol. The number of carbonyl (C=O) groups is 1. The van der Waals surface area contributed by atoms with Gasteiger partial charge in [-0.1, -0.05) is 90.4 Å². The van der Waals surface area contributed by atoms with Gasteiger partial charge >= 0.3 is 13.6 Å². The number of hydrogen-bond donors (Lipinski definition) is 1. The van der Waals surface area contributed by atoms with Gasteiger partial charge in [-0.15, -0.1) is 0 Å². The Morgan fingerprint density at radius 3 is 1.89 bits per heavy atom. The molecule has 0 bridgehead atoms. The highest BCUT2D eigenvalue weighted by Gasteiger charge is 2.25. The van der Waals surface area contributed by atoms with E-state index in [1.807, 2.05) is 0 Å². The van der Waals surface area contributed by atoms with Gasteiger partial charge in [0.15, 0.2) is 0 Å². The SMILES string of the molecule is CCCCCCCCCCCCCCCCOCC(COP(=O)(O)CCN1CCCC1)OC(C)=O. The van der Waals surface area contributed by atoms with Crippen LogP contribution in [0.5, 0.6) is 0 Å². The number of esters is 1. The van der Waals surface area contributed by atoms with E-state index in [9.17, 15) is 14.3 Å². The van der Waals surface area contributed by atoms with Crippen LogP contribution in [0, 0.1) is 0 Å². The third kappa shape index (κ3) is 20.3. The van der Waals surface area contributed by atoms with Gasteiger partial charge < -0.3 is 23.8 Å². The second kappa shape index (κ2) is 21.6. The summed E-state index contributed by atoms with van der Waals surface area (Å²) < 4.78 is 28.5. The van der Waals surface area contributed by atoms with E-state index < -0.39 is 19.7 Å². The van der Waals surface area contributed by atoms with E-state index in [4.69, 9.17) is 14.0 Å². The number of rotatable bonds is 24. The van der Waals surface area contributed by atoms with Crippen LogP contribution in [0.4, 0.5) is 0 Å². The molecular formula is C27H54NO6P. The van der Waals surface area contributed by atoms with Crippen molar-refractivity contribution in [2.45, 2.75) is 123 Å². The Morgan fingerprint density at radius 2 is 1.37 bits per heavy atom. The molecule has 2 unspecified atom stereocenters. The van der Waals surface area contributed by atoms with E-state index >= 15 is 0 Å². The van der Waals surface area contributed by atoms with Gasteiger partial charge in [-0.3, -0.25) is 9.36 Å². The van der Waals surface area contributed by atoms with Crippen molar-refractivity contribution in [2.24, 2.45) is 0 Å². The molecule has 0 saturated carbocycles. The minimum Gasteiger partial charge on any atom is -0.458 e. The average molecular weight is 520 g/mol. The molecule has 208 valence electrons. The van der Waals surface area contributed by atoms with Gasteiger partial charge in [-0.25, -0.2) is 0 Å². The first-order valence-electron chi connectivity index (χ1n) is 14.4. The highest BCUT2D eigenvalue weighted by molar-refractivity contribution is 7.52. The number of unbranched alkanes of at least 4 members (excludes halogenated alkanes) is 13. The second-order valence-corrected chi connectivity index (χ2v) is 12.1. The first kappa shape index (κ1) is 32.6. The smallest absolute Gasteiger partial charge is 0.329 e. The van der Waals surface area contributed by atoms with E-state index in [0.29, 0.717) is 13.2 Å². The van der Waals surface area contributed by atoms with Crippen LogP contribution in [0.1, 0.15) is 117 Å². The summed E-state index contributed by atoms with van der Waals surface area (Å²) in [6.07, 6.45) is 20.1. The van der Waals surface area contributed by atoms with Crippen LogP contribution in [0.2, 0.25) is 0 Å². The van der Waals surface area contributed by atoms with Crippen molar-refractivity contribution in [1.82, 2.24) is 4.90 Å². The molecule has 1 N–H and O–H groups in total. The van der Waals surface area contributed by atoms with E-state index in [-0.39, 0.29) is 19.4 Å². The maximum atomic E-state index is 12.3. The molecule has 1 heterocycles. The van der Waals surface area contributed by atoms with Crippen LogP contribution >= 0.6 is 7.60 Å². The zero-order valence-corrected chi connectivity index (χ0v) is 23.6. The van der Waals surface area contributed by atoms with E-state index in [2.05, 4.69) is 11.8 Å². The molecule has 1 aliphatic rings. The van der Waals surface area contributed by atoms with Crippen LogP contribution in [0.3, 0.4) is 0 Å². The van der Waals surface area contributed by atoms with Crippen molar-refractivity contribution in [2.75, 3.05) is 45.6 Å². The number of likely N-dealkylation sites (tertiary alicyclic amines) is 1. The maximum absolute atomic E-state index is 12.3. The zero-order valence-electron chi connectivity index (χ0n) is 22.7.